The Morgan fingerprint density at radius 1 is 1.33 bits per heavy atom. The van der Waals surface area contributed by atoms with E-state index in [1.165, 1.54) is 10.0 Å². The third-order valence-corrected chi connectivity index (χ3v) is 5.97. The van der Waals surface area contributed by atoms with Gasteiger partial charge in [0, 0.05) is 0 Å². The van der Waals surface area contributed by atoms with E-state index in [1.54, 1.807) is 0 Å². The maximum absolute atomic E-state index is 4.01. The molecule has 0 atom stereocenters. The van der Waals surface area contributed by atoms with Gasteiger partial charge in [0.05, 0.1) is 0 Å². The summed E-state index contributed by atoms with van der Waals surface area (Å²) in [5, 5.41) is 0. The molecule has 1 heteroatoms. The summed E-state index contributed by atoms with van der Waals surface area (Å²) in [6.07, 6.45) is 4.52. The first kappa shape index (κ1) is 12.3. The molecule has 0 unspecified atom stereocenters. The first-order valence-corrected chi connectivity index (χ1v) is 15.3. The number of hydrogen-bond donors (Lipinski definition) is 0. The molecule has 0 aliphatic heterocycles. The van der Waals surface area contributed by atoms with Gasteiger partial charge >= 0.3 is 81.7 Å². The van der Waals surface area contributed by atoms with Gasteiger partial charge in [0.15, 0.2) is 0 Å². The molecule has 0 aromatic heterocycles. The molecule has 0 saturated heterocycles. The van der Waals surface area contributed by atoms with Gasteiger partial charge in [-0.3, -0.25) is 0 Å². The molecule has 0 spiro atoms. The molecule has 0 fully saturated rings. The van der Waals surface area contributed by atoms with Crippen LogP contribution in [0.4, 0.5) is 0 Å². The van der Waals surface area contributed by atoms with Crippen molar-refractivity contribution in [3.05, 3.63) is 24.3 Å². The average molecular weight is 273 g/mol. The second-order valence-electron chi connectivity index (χ2n) is 4.90. The van der Waals surface area contributed by atoms with Crippen LogP contribution in [-0.2, 0) is 0 Å². The topological polar surface area (TPSA) is 0 Å². The Hall–Kier alpha value is 0.279. The molecule has 0 saturated carbocycles. The summed E-state index contributed by atoms with van der Waals surface area (Å²) in [6.45, 7) is 8.39. The van der Waals surface area contributed by atoms with E-state index in [0.717, 1.165) is 0 Å². The van der Waals surface area contributed by atoms with E-state index >= 15 is 0 Å². The van der Waals surface area contributed by atoms with Crippen LogP contribution in [0, 0.1) is 5.92 Å². The Morgan fingerprint density at radius 3 is 2.17 bits per heavy atom. The Kier molecular flexibility index (Phi) is 5.22. The summed E-state index contributed by atoms with van der Waals surface area (Å²) in [5.41, 5.74) is 1.26. The normalized spacial score (nSPS) is 12.8. The second kappa shape index (κ2) is 5.10. The van der Waals surface area contributed by atoms with Gasteiger partial charge in [-0.05, 0) is 0 Å². The Balaban J connectivity index is 3.86. The zero-order valence-corrected chi connectivity index (χ0v) is 12.0. The molecule has 0 bridgehead atoms. The van der Waals surface area contributed by atoms with Crippen LogP contribution in [0.5, 0.6) is 0 Å². The quantitative estimate of drug-likeness (QED) is 0.534. The molecule has 0 aromatic carbocycles. The van der Waals surface area contributed by atoms with Gasteiger partial charge in [0.1, 0.15) is 0 Å². The summed E-state index contributed by atoms with van der Waals surface area (Å²) in [5.74, 6) is 0.594. The molecular formula is C11H22Sn. The van der Waals surface area contributed by atoms with Crippen molar-refractivity contribution in [3.8, 4) is 0 Å². The Bertz CT molecular complexity index is 170. The minimum atomic E-state index is -1.54. The fourth-order valence-corrected chi connectivity index (χ4v) is 3.11. The Labute approximate surface area is 81.6 Å². The first-order valence-electron chi connectivity index (χ1n) is 4.68. The predicted molar refractivity (Wildman–Crippen MR) is 61.3 cm³/mol. The van der Waals surface area contributed by atoms with Crippen molar-refractivity contribution >= 4 is 18.4 Å². The standard InChI is InChI=1S/C8H13.3CH3.Sn/c1-5-6-8(4)7(2)3;;;;/h5-7H,1,4H2,2-3H3;3*1H3;/b6-5-;;;;. The van der Waals surface area contributed by atoms with Crippen molar-refractivity contribution in [1.82, 2.24) is 0 Å². The third-order valence-electron chi connectivity index (χ3n) is 1.80. The number of hydrogen-bond acceptors (Lipinski definition) is 0. The van der Waals surface area contributed by atoms with Crippen LogP contribution in [0.25, 0.3) is 0 Å². The average Bonchev–Trinajstić information content (AvgIpc) is 1.84. The molecule has 0 aliphatic carbocycles. The van der Waals surface area contributed by atoms with Gasteiger partial charge in [-0.15, -0.1) is 0 Å². The van der Waals surface area contributed by atoms with Gasteiger partial charge in [-0.2, -0.15) is 0 Å². The minimum absolute atomic E-state index is 0.594. The molecule has 0 nitrogen and oxygen atoms in total. The summed E-state index contributed by atoms with van der Waals surface area (Å²) < 4.78 is 1.33. The van der Waals surface area contributed by atoms with E-state index in [4.69, 9.17) is 0 Å². The molecule has 0 aliphatic rings. The van der Waals surface area contributed by atoms with Crippen LogP contribution in [-0.4, -0.2) is 18.4 Å². The van der Waals surface area contributed by atoms with Crippen LogP contribution in [0.15, 0.2) is 24.3 Å². The zero-order valence-electron chi connectivity index (χ0n) is 9.15. The number of allylic oxidation sites excluding steroid dienone is 3. The zero-order chi connectivity index (χ0) is 9.78. The summed E-state index contributed by atoms with van der Waals surface area (Å²) in [7, 11) is 0. The van der Waals surface area contributed by atoms with E-state index in [2.05, 4.69) is 47.4 Å². The number of rotatable bonds is 4. The van der Waals surface area contributed by atoms with Gasteiger partial charge in [0.2, 0.25) is 0 Å². The van der Waals surface area contributed by atoms with E-state index in [1.807, 2.05) is 0 Å². The second-order valence-corrected chi connectivity index (χ2v) is 20.7. The molecular weight excluding hydrogens is 251 g/mol. The van der Waals surface area contributed by atoms with Gasteiger partial charge < -0.3 is 0 Å². The molecule has 0 radical (unpaired) electrons. The molecule has 0 heterocycles. The molecule has 70 valence electrons. The van der Waals surface area contributed by atoms with Crippen LogP contribution in [0.2, 0.25) is 19.3 Å². The van der Waals surface area contributed by atoms with Gasteiger partial charge in [-0.1, -0.05) is 0 Å². The molecule has 0 amide bonds. The molecule has 0 aromatic rings. The van der Waals surface area contributed by atoms with E-state index in [-0.39, 0.29) is 0 Å². The van der Waals surface area contributed by atoms with Crippen molar-refractivity contribution in [2.45, 2.75) is 33.1 Å². The van der Waals surface area contributed by atoms with Crippen molar-refractivity contribution in [2.24, 2.45) is 5.92 Å². The van der Waals surface area contributed by atoms with Crippen LogP contribution >= 0.6 is 0 Å². The van der Waals surface area contributed by atoms with Gasteiger partial charge in [0.25, 0.3) is 0 Å². The first-order chi connectivity index (χ1) is 5.33. The fourth-order valence-electron chi connectivity index (χ4n) is 0.756. The van der Waals surface area contributed by atoms with Crippen molar-refractivity contribution in [2.75, 3.05) is 0 Å². The van der Waals surface area contributed by atoms with Crippen LogP contribution in [0.1, 0.15) is 13.8 Å². The summed E-state index contributed by atoms with van der Waals surface area (Å²) >= 11 is -1.54. The van der Waals surface area contributed by atoms with Crippen molar-refractivity contribution < 1.29 is 0 Å². The maximum atomic E-state index is 4.01. The molecule has 0 N–H and O–H groups in total. The SMILES string of the molecule is C=C(/C=C\[CH2][Sn]([CH3])([CH3])[CH3])C(C)C. The molecule has 0 rings (SSSR count). The third kappa shape index (κ3) is 6.96. The fraction of sp³-hybridized carbons (Fsp3) is 0.636. The van der Waals surface area contributed by atoms with Gasteiger partial charge in [-0.25, -0.2) is 0 Å². The van der Waals surface area contributed by atoms with Crippen LogP contribution < -0.4 is 0 Å². The van der Waals surface area contributed by atoms with Crippen LogP contribution in [0.3, 0.4) is 0 Å². The Morgan fingerprint density at radius 2 is 1.83 bits per heavy atom. The predicted octanol–water partition coefficient (Wildman–Crippen LogP) is 4.09. The van der Waals surface area contributed by atoms with Crippen molar-refractivity contribution in [3.63, 3.8) is 0 Å². The monoisotopic (exact) mass is 274 g/mol. The van der Waals surface area contributed by atoms with Crippen molar-refractivity contribution in [1.29, 1.82) is 0 Å². The van der Waals surface area contributed by atoms with E-state index < -0.39 is 18.4 Å². The molecule has 12 heavy (non-hydrogen) atoms. The van der Waals surface area contributed by atoms with E-state index in [0.29, 0.717) is 5.92 Å². The summed E-state index contributed by atoms with van der Waals surface area (Å²) in [4.78, 5) is 7.37. The summed E-state index contributed by atoms with van der Waals surface area (Å²) in [6, 6.07) is 0. The van der Waals surface area contributed by atoms with E-state index in [9.17, 15) is 0 Å².